The maximum Gasteiger partial charge on any atom is 0.353 e. The summed E-state index contributed by atoms with van der Waals surface area (Å²) in [5, 5.41) is 11.8. The van der Waals surface area contributed by atoms with Crippen LogP contribution in [0.5, 0.6) is 0 Å². The van der Waals surface area contributed by atoms with Crippen LogP contribution in [-0.2, 0) is 0 Å². The molecule has 1 aromatic heterocycles. The zero-order valence-electron chi connectivity index (χ0n) is 11.0. The average molecular weight is 335 g/mol. The number of aromatic nitrogens is 1. The quantitative estimate of drug-likeness (QED) is 0.521. The summed E-state index contributed by atoms with van der Waals surface area (Å²) in [6.07, 6.45) is 0. The molecule has 0 radical (unpaired) electrons. The number of rotatable bonds is 2. The second kappa shape index (κ2) is 5.44. The summed E-state index contributed by atoms with van der Waals surface area (Å²) in [6, 6.07) is 13.3. The number of benzene rings is 2. The van der Waals surface area contributed by atoms with Crippen molar-refractivity contribution in [1.82, 2.24) is 4.57 Å². The number of nitrogens with zero attached hydrogens (tertiary/aromatic N) is 2. The third-order valence-corrected chi connectivity index (χ3v) is 3.87. The SMILES string of the molecule is O=c1c([N+](=O)[O-])c(Cl)c2ccc(Cl)cc2n1-c1ccccc1. The molecule has 7 heteroatoms. The standard InChI is InChI=1S/C15H8Cl2N2O3/c16-9-6-7-11-12(8-9)18(10-4-2-1-3-5-10)15(20)14(13(11)17)19(21)22/h1-8H. The van der Waals surface area contributed by atoms with Crippen molar-refractivity contribution in [2.45, 2.75) is 0 Å². The van der Waals surface area contributed by atoms with E-state index in [0.717, 1.165) is 0 Å². The van der Waals surface area contributed by atoms with Crippen LogP contribution in [-0.4, -0.2) is 9.49 Å². The van der Waals surface area contributed by atoms with E-state index >= 15 is 0 Å². The smallest absolute Gasteiger partial charge is 0.271 e. The summed E-state index contributed by atoms with van der Waals surface area (Å²) >= 11 is 12.0. The van der Waals surface area contributed by atoms with Crippen LogP contribution in [0.2, 0.25) is 10.0 Å². The van der Waals surface area contributed by atoms with Gasteiger partial charge in [0.15, 0.2) is 0 Å². The molecule has 5 nitrogen and oxygen atoms in total. The fraction of sp³-hybridized carbons (Fsp3) is 0. The van der Waals surface area contributed by atoms with Crippen molar-refractivity contribution >= 4 is 39.8 Å². The third-order valence-electron chi connectivity index (χ3n) is 3.25. The van der Waals surface area contributed by atoms with Crippen LogP contribution in [0, 0.1) is 10.1 Å². The first-order chi connectivity index (χ1) is 10.5. The van der Waals surface area contributed by atoms with Gasteiger partial charge in [0.05, 0.1) is 10.4 Å². The van der Waals surface area contributed by atoms with Gasteiger partial charge in [0.25, 0.3) is 0 Å². The molecule has 3 aromatic rings. The summed E-state index contributed by atoms with van der Waals surface area (Å²) in [7, 11) is 0. The largest absolute Gasteiger partial charge is 0.353 e. The highest BCUT2D eigenvalue weighted by molar-refractivity contribution is 6.38. The molecule has 2 aromatic carbocycles. The van der Waals surface area contributed by atoms with Crippen molar-refractivity contribution in [3.05, 3.63) is 79.0 Å². The lowest BCUT2D eigenvalue weighted by atomic mass is 10.1. The topological polar surface area (TPSA) is 65.1 Å². The monoisotopic (exact) mass is 334 g/mol. The zero-order chi connectivity index (χ0) is 15.9. The van der Waals surface area contributed by atoms with Gasteiger partial charge in [0, 0.05) is 16.1 Å². The number of nitro groups is 1. The molecule has 0 aliphatic heterocycles. The van der Waals surface area contributed by atoms with Gasteiger partial charge in [-0.25, -0.2) is 0 Å². The van der Waals surface area contributed by atoms with Gasteiger partial charge in [0.2, 0.25) is 0 Å². The van der Waals surface area contributed by atoms with E-state index in [4.69, 9.17) is 23.2 Å². The van der Waals surface area contributed by atoms with E-state index in [-0.39, 0.29) is 5.02 Å². The molecule has 0 bridgehead atoms. The Balaban J connectivity index is 2.56. The van der Waals surface area contributed by atoms with Gasteiger partial charge in [-0.15, -0.1) is 0 Å². The second-order valence-corrected chi connectivity index (χ2v) is 5.37. The van der Waals surface area contributed by atoms with Gasteiger partial charge < -0.3 is 0 Å². The summed E-state index contributed by atoms with van der Waals surface area (Å²) < 4.78 is 1.24. The van der Waals surface area contributed by atoms with Crippen LogP contribution < -0.4 is 5.56 Å². The Labute approximate surface area is 134 Å². The maximum absolute atomic E-state index is 12.6. The molecule has 0 atom stereocenters. The van der Waals surface area contributed by atoms with Gasteiger partial charge in [0.1, 0.15) is 5.02 Å². The second-order valence-electron chi connectivity index (χ2n) is 4.56. The number of hydrogen-bond acceptors (Lipinski definition) is 3. The first-order valence-corrected chi connectivity index (χ1v) is 7.00. The molecule has 0 aliphatic carbocycles. The van der Waals surface area contributed by atoms with Crippen LogP contribution >= 0.6 is 23.2 Å². The molecule has 0 saturated heterocycles. The first kappa shape index (κ1) is 14.6. The Kier molecular flexibility index (Phi) is 3.60. The number of hydrogen-bond donors (Lipinski definition) is 0. The summed E-state index contributed by atoms with van der Waals surface area (Å²) in [5.74, 6) is 0. The van der Waals surface area contributed by atoms with Crippen molar-refractivity contribution in [2.75, 3.05) is 0 Å². The maximum atomic E-state index is 12.6. The fourth-order valence-electron chi connectivity index (χ4n) is 2.30. The molecular formula is C15H8Cl2N2O3. The molecule has 0 amide bonds. The van der Waals surface area contributed by atoms with Crippen LogP contribution in [0.25, 0.3) is 16.6 Å². The van der Waals surface area contributed by atoms with Crippen molar-refractivity contribution in [3.63, 3.8) is 0 Å². The first-order valence-electron chi connectivity index (χ1n) is 6.24. The molecule has 0 saturated carbocycles. The van der Waals surface area contributed by atoms with Gasteiger partial charge in [-0.3, -0.25) is 19.5 Å². The van der Waals surface area contributed by atoms with E-state index in [1.165, 1.54) is 4.57 Å². The van der Waals surface area contributed by atoms with E-state index in [9.17, 15) is 14.9 Å². The van der Waals surface area contributed by atoms with E-state index in [2.05, 4.69) is 0 Å². The highest BCUT2D eigenvalue weighted by atomic mass is 35.5. The molecule has 0 N–H and O–H groups in total. The number of fused-ring (bicyclic) bond motifs is 1. The normalized spacial score (nSPS) is 10.8. The fourth-order valence-corrected chi connectivity index (χ4v) is 2.78. The highest BCUT2D eigenvalue weighted by Crippen LogP contribution is 2.32. The Morgan fingerprint density at radius 2 is 1.73 bits per heavy atom. The van der Waals surface area contributed by atoms with Gasteiger partial charge in [-0.2, -0.15) is 0 Å². The molecule has 0 fully saturated rings. The molecule has 3 rings (SSSR count). The third kappa shape index (κ3) is 2.24. The average Bonchev–Trinajstić information content (AvgIpc) is 2.47. The highest BCUT2D eigenvalue weighted by Gasteiger charge is 2.25. The Morgan fingerprint density at radius 3 is 2.36 bits per heavy atom. The predicted octanol–water partition coefficient (Wildman–Crippen LogP) is 4.21. The van der Waals surface area contributed by atoms with Crippen molar-refractivity contribution in [3.8, 4) is 5.69 Å². The van der Waals surface area contributed by atoms with E-state index in [1.54, 1.807) is 48.5 Å². The minimum Gasteiger partial charge on any atom is -0.271 e. The number of para-hydroxylation sites is 1. The summed E-state index contributed by atoms with van der Waals surface area (Å²) in [5.41, 5.74) is -0.532. The summed E-state index contributed by atoms with van der Waals surface area (Å²) in [4.78, 5) is 23.0. The molecule has 0 unspecified atom stereocenters. The zero-order valence-corrected chi connectivity index (χ0v) is 12.5. The predicted molar refractivity (Wildman–Crippen MR) is 86.2 cm³/mol. The Hall–Kier alpha value is -2.37. The van der Waals surface area contributed by atoms with Gasteiger partial charge in [-0.1, -0.05) is 41.4 Å². The van der Waals surface area contributed by atoms with Crippen LogP contribution in [0.4, 0.5) is 5.69 Å². The van der Waals surface area contributed by atoms with E-state index in [1.807, 2.05) is 0 Å². The lowest BCUT2D eigenvalue weighted by Gasteiger charge is -2.12. The molecular weight excluding hydrogens is 327 g/mol. The van der Waals surface area contributed by atoms with Crippen LogP contribution in [0.15, 0.2) is 53.3 Å². The lowest BCUT2D eigenvalue weighted by molar-refractivity contribution is -0.386. The van der Waals surface area contributed by atoms with Gasteiger partial charge in [-0.05, 0) is 30.3 Å². The lowest BCUT2D eigenvalue weighted by Crippen LogP contribution is -2.22. The van der Waals surface area contributed by atoms with Crippen molar-refractivity contribution < 1.29 is 4.92 Å². The molecule has 1 heterocycles. The minimum absolute atomic E-state index is 0.186. The summed E-state index contributed by atoms with van der Waals surface area (Å²) in [6.45, 7) is 0. The minimum atomic E-state index is -0.795. The number of halogens is 2. The molecule has 110 valence electrons. The Morgan fingerprint density at radius 1 is 1.05 bits per heavy atom. The van der Waals surface area contributed by atoms with Gasteiger partial charge >= 0.3 is 11.2 Å². The van der Waals surface area contributed by atoms with E-state index < -0.39 is 16.2 Å². The van der Waals surface area contributed by atoms with Crippen molar-refractivity contribution in [1.29, 1.82) is 0 Å². The van der Waals surface area contributed by atoms with Crippen LogP contribution in [0.3, 0.4) is 0 Å². The molecule has 0 aliphatic rings. The molecule has 22 heavy (non-hydrogen) atoms. The molecule has 0 spiro atoms. The van der Waals surface area contributed by atoms with Crippen molar-refractivity contribution in [2.24, 2.45) is 0 Å². The van der Waals surface area contributed by atoms with Crippen LogP contribution in [0.1, 0.15) is 0 Å². The Bertz CT molecular complexity index is 952. The van der Waals surface area contributed by atoms with E-state index in [0.29, 0.717) is 21.6 Å². The number of pyridine rings is 1.